The van der Waals surface area contributed by atoms with Crippen molar-refractivity contribution in [3.05, 3.63) is 143 Å². The Morgan fingerprint density at radius 1 is 0.800 bits per heavy atom. The molecule has 1 aliphatic rings. The number of unbranched alkanes of at least 4 members (excludes halogenated alkanes) is 1. The van der Waals surface area contributed by atoms with Gasteiger partial charge in [0.25, 0.3) is 0 Å². The van der Waals surface area contributed by atoms with Gasteiger partial charge in [0, 0.05) is 16.7 Å². The van der Waals surface area contributed by atoms with E-state index in [1.807, 2.05) is 60.7 Å². The Morgan fingerprint density at radius 3 is 1.94 bits per heavy atom. The van der Waals surface area contributed by atoms with E-state index < -0.39 is 5.60 Å². The summed E-state index contributed by atoms with van der Waals surface area (Å²) in [7, 11) is 0. The van der Waals surface area contributed by atoms with Crippen molar-refractivity contribution < 1.29 is 19.4 Å². The van der Waals surface area contributed by atoms with Crippen LogP contribution in [0.4, 0.5) is 0 Å². The van der Waals surface area contributed by atoms with Gasteiger partial charge in [0.1, 0.15) is 17.2 Å². The molecule has 0 spiro atoms. The lowest BCUT2D eigenvalue weighted by Gasteiger charge is -2.36. The molecule has 1 atom stereocenters. The second kappa shape index (κ2) is 13.8. The molecule has 50 heavy (non-hydrogen) atoms. The van der Waals surface area contributed by atoms with Gasteiger partial charge in [-0.15, -0.1) is 0 Å². The minimum Gasteiger partial charge on any atom is -0.507 e. The topological polar surface area (TPSA) is 55.8 Å². The number of ether oxygens (including phenoxy) is 2. The average molecular weight is 667 g/mol. The predicted octanol–water partition coefficient (Wildman–Crippen LogP) is 11.4. The van der Waals surface area contributed by atoms with Gasteiger partial charge in [-0.25, -0.2) is 0 Å². The van der Waals surface area contributed by atoms with Crippen LogP contribution in [0.15, 0.2) is 109 Å². The quantitative estimate of drug-likeness (QED) is 0.126. The molecule has 258 valence electrons. The number of hydrogen-bond donors (Lipinski definition) is 1. The third-order valence-electron chi connectivity index (χ3n) is 9.88. The maximum atomic E-state index is 14.0. The second-order valence-electron chi connectivity index (χ2n) is 15.8. The number of aromatic hydroxyl groups is 1. The number of hydrogen-bond acceptors (Lipinski definition) is 4. The first-order valence-corrected chi connectivity index (χ1v) is 17.9. The summed E-state index contributed by atoms with van der Waals surface area (Å²) in [6, 6.07) is 34.7. The molecule has 1 unspecified atom stereocenters. The monoisotopic (exact) mass is 666 g/mol. The van der Waals surface area contributed by atoms with Gasteiger partial charge in [0.05, 0.1) is 5.92 Å². The van der Waals surface area contributed by atoms with Crippen LogP contribution in [0.2, 0.25) is 0 Å². The summed E-state index contributed by atoms with van der Waals surface area (Å²) in [5.74, 6) is 1.09. The lowest BCUT2D eigenvalue weighted by Crippen LogP contribution is -2.34. The number of phenols is 1. The molecule has 0 bridgehead atoms. The molecule has 0 aromatic heterocycles. The summed E-state index contributed by atoms with van der Waals surface area (Å²) in [6.45, 7) is 14.8. The van der Waals surface area contributed by atoms with E-state index >= 15 is 0 Å². The third kappa shape index (κ3) is 7.07. The van der Waals surface area contributed by atoms with Crippen molar-refractivity contribution in [1.29, 1.82) is 0 Å². The molecule has 1 N–H and O–H groups in total. The Kier molecular flexibility index (Phi) is 9.68. The predicted molar refractivity (Wildman–Crippen MR) is 205 cm³/mol. The van der Waals surface area contributed by atoms with Crippen molar-refractivity contribution >= 4 is 22.8 Å². The summed E-state index contributed by atoms with van der Waals surface area (Å²) < 4.78 is 13.1. The zero-order chi connectivity index (χ0) is 35.7. The van der Waals surface area contributed by atoms with Crippen molar-refractivity contribution in [2.45, 2.75) is 90.6 Å². The van der Waals surface area contributed by atoms with Crippen LogP contribution in [-0.2, 0) is 27.6 Å². The molecular weight excluding hydrogens is 617 g/mol. The fourth-order valence-corrected chi connectivity index (χ4v) is 7.08. The standard InChI is InChI=1S/C46H50O4/c1-8-9-16-33(27-31-28-39(44(2,3)4)42(47)40(29-31)45(5,6)7)43(48)49-36-23-21-32-22-24-41-37(38(32)30-36)25-26-46(50-41,34-17-12-10-13-18-34)35-19-14-11-15-20-35/h10-15,17-26,28-30,33,47H,8-9,16,27H2,1-7H3. The summed E-state index contributed by atoms with van der Waals surface area (Å²) in [4.78, 5) is 14.0. The molecule has 4 nitrogen and oxygen atoms in total. The highest BCUT2D eigenvalue weighted by atomic mass is 16.5. The molecule has 0 radical (unpaired) electrons. The number of phenolic OH excluding ortho intramolecular Hbond substituents is 1. The minimum absolute atomic E-state index is 0.232. The number of rotatable bonds is 9. The van der Waals surface area contributed by atoms with E-state index in [9.17, 15) is 9.90 Å². The highest BCUT2D eigenvalue weighted by molar-refractivity contribution is 5.95. The Balaban J connectivity index is 1.32. The largest absolute Gasteiger partial charge is 0.507 e. The third-order valence-corrected chi connectivity index (χ3v) is 9.88. The number of carbonyl (C=O) groups excluding carboxylic acids is 1. The maximum Gasteiger partial charge on any atom is 0.314 e. The summed E-state index contributed by atoms with van der Waals surface area (Å²) in [6.07, 6.45) is 7.46. The first kappa shape index (κ1) is 35.0. The van der Waals surface area contributed by atoms with Crippen LogP contribution in [0.25, 0.3) is 16.8 Å². The van der Waals surface area contributed by atoms with E-state index in [2.05, 4.69) is 103 Å². The van der Waals surface area contributed by atoms with Gasteiger partial charge in [0.15, 0.2) is 5.60 Å². The zero-order valence-corrected chi connectivity index (χ0v) is 30.5. The molecule has 0 amide bonds. The summed E-state index contributed by atoms with van der Waals surface area (Å²) >= 11 is 0. The second-order valence-corrected chi connectivity index (χ2v) is 15.8. The number of benzene rings is 5. The van der Waals surface area contributed by atoms with Crippen molar-refractivity contribution in [3.8, 4) is 17.2 Å². The maximum absolute atomic E-state index is 14.0. The molecule has 0 aliphatic carbocycles. The van der Waals surface area contributed by atoms with E-state index in [4.69, 9.17) is 9.47 Å². The van der Waals surface area contributed by atoms with E-state index in [0.29, 0.717) is 17.9 Å². The van der Waals surface area contributed by atoms with Crippen molar-refractivity contribution in [2.24, 2.45) is 5.92 Å². The van der Waals surface area contributed by atoms with Gasteiger partial charge >= 0.3 is 5.97 Å². The first-order valence-electron chi connectivity index (χ1n) is 17.9. The lowest BCUT2D eigenvalue weighted by molar-refractivity contribution is -0.139. The van der Waals surface area contributed by atoms with Crippen LogP contribution in [0, 0.1) is 5.92 Å². The van der Waals surface area contributed by atoms with Crippen molar-refractivity contribution in [2.75, 3.05) is 0 Å². The van der Waals surface area contributed by atoms with E-state index in [1.54, 1.807) is 0 Å². The number of carbonyl (C=O) groups is 1. The fraction of sp³-hybridized carbons (Fsp3) is 0.326. The van der Waals surface area contributed by atoms with Gasteiger partial charge in [-0.05, 0) is 81.5 Å². The molecule has 5 aromatic rings. The van der Waals surface area contributed by atoms with Gasteiger partial charge in [-0.2, -0.15) is 0 Å². The molecule has 0 saturated carbocycles. The van der Waals surface area contributed by atoms with Crippen LogP contribution < -0.4 is 9.47 Å². The zero-order valence-electron chi connectivity index (χ0n) is 30.5. The van der Waals surface area contributed by atoms with E-state index in [-0.39, 0.29) is 22.7 Å². The minimum atomic E-state index is -0.770. The smallest absolute Gasteiger partial charge is 0.314 e. The highest BCUT2D eigenvalue weighted by Gasteiger charge is 2.37. The molecule has 0 fully saturated rings. The molecule has 1 heterocycles. The van der Waals surface area contributed by atoms with Crippen LogP contribution in [0.5, 0.6) is 17.2 Å². The molecule has 6 rings (SSSR count). The van der Waals surface area contributed by atoms with E-state index in [1.165, 1.54) is 0 Å². The normalized spacial score (nSPS) is 14.5. The SMILES string of the molecule is CCCCC(Cc1cc(C(C)(C)C)c(O)c(C(C)(C)C)c1)C(=O)Oc1ccc2ccc3c(c2c1)C=CC(c1ccccc1)(c1ccccc1)O3. The first-order chi connectivity index (χ1) is 23.8. The van der Waals surface area contributed by atoms with Crippen LogP contribution >= 0.6 is 0 Å². The van der Waals surface area contributed by atoms with Gasteiger partial charge < -0.3 is 14.6 Å². The average Bonchev–Trinajstić information content (AvgIpc) is 3.10. The Labute approximate surface area is 297 Å². The summed E-state index contributed by atoms with van der Waals surface area (Å²) in [5, 5.41) is 13.3. The van der Waals surface area contributed by atoms with Crippen LogP contribution in [0.1, 0.15) is 101 Å². The van der Waals surface area contributed by atoms with Gasteiger partial charge in [0.2, 0.25) is 0 Å². The Bertz CT molecular complexity index is 1940. The van der Waals surface area contributed by atoms with Crippen molar-refractivity contribution in [3.63, 3.8) is 0 Å². The van der Waals surface area contributed by atoms with Gasteiger partial charge in [-0.1, -0.05) is 146 Å². The molecule has 5 aromatic carbocycles. The summed E-state index contributed by atoms with van der Waals surface area (Å²) in [5.41, 5.74) is 4.64. The molecule has 4 heteroatoms. The number of fused-ring (bicyclic) bond motifs is 3. The fourth-order valence-electron chi connectivity index (χ4n) is 7.08. The molecule has 0 saturated heterocycles. The Hall–Kier alpha value is -4.83. The van der Waals surface area contributed by atoms with Crippen molar-refractivity contribution in [1.82, 2.24) is 0 Å². The Morgan fingerprint density at radius 2 is 1.38 bits per heavy atom. The lowest BCUT2D eigenvalue weighted by atomic mass is 9.77. The van der Waals surface area contributed by atoms with Crippen LogP contribution in [-0.4, -0.2) is 11.1 Å². The molecule has 1 aliphatic heterocycles. The highest BCUT2D eigenvalue weighted by Crippen LogP contribution is 2.45. The van der Waals surface area contributed by atoms with E-state index in [0.717, 1.165) is 69.2 Å². The number of esters is 1. The van der Waals surface area contributed by atoms with Crippen LogP contribution in [0.3, 0.4) is 0 Å². The van der Waals surface area contributed by atoms with Gasteiger partial charge in [-0.3, -0.25) is 4.79 Å². The molecular formula is C46H50O4.